The number of hydrogen-bond donors (Lipinski definition) is 0. The number of thioether (sulfide) groups is 4. The van der Waals surface area contributed by atoms with E-state index < -0.39 is 5.41 Å². The molecule has 0 unspecified atom stereocenters. The van der Waals surface area contributed by atoms with E-state index in [-0.39, 0.29) is 0 Å². The summed E-state index contributed by atoms with van der Waals surface area (Å²) in [5, 5.41) is 10.1. The normalized spacial score (nSPS) is 12.6. The van der Waals surface area contributed by atoms with Crippen LogP contribution in [0.3, 0.4) is 0 Å². The van der Waals surface area contributed by atoms with Crippen molar-refractivity contribution in [1.29, 1.82) is 0 Å². The molecule has 0 saturated carbocycles. The van der Waals surface area contributed by atoms with E-state index in [4.69, 9.17) is 0 Å². The number of para-hydroxylation sites is 4. The molecule has 1 spiro atoms. The maximum Gasteiger partial charge on any atom is 0.0728 e. The number of aryl methyl sites for hydroxylation is 4. The largest absolute Gasteiger partial charge is 0.341 e. The number of hydrogen-bond acceptors (Lipinski definition) is 8. The van der Waals surface area contributed by atoms with Crippen LogP contribution in [0.5, 0.6) is 0 Å². The van der Waals surface area contributed by atoms with Gasteiger partial charge >= 0.3 is 0 Å². The standard InChI is InChI=1S/C109H88N8S4/c1-9-110-101-61-77(37-49-89(101)93-53-41-81(118-5)65-105(93)110)114(69-25-17-13-18-26-69)73-33-45-85-86-46-34-74(115(70-27-19-14-20-28-70)78-38-50-90-94-54-42-82(119-6)66-106(94)111(10-2)102(90)62-78)58-98(86)109(97(85)57-73)99-59-75(116(71-29-21-15-22-30-71)79-39-51-91-95-55-43-83(120-7)67-107(95)112(11-3)103(91)63-79)35-47-87(99)88-48-36-76(60-100(88)109)117(72-31-23-16-24-32-72)80-40-52-92-96-56-44-84(121-8)68-108(96)113(12-4)104(92)64-80/h13-68H,9-12H2,1-8H3. The van der Waals surface area contributed by atoms with Crippen LogP contribution >= 0.6 is 47.0 Å². The van der Waals surface area contributed by atoms with Crippen LogP contribution in [0.2, 0.25) is 0 Å². The second-order valence-corrected chi connectivity index (χ2v) is 35.2. The van der Waals surface area contributed by atoms with Crippen LogP contribution in [0, 0.1) is 0 Å². The van der Waals surface area contributed by atoms with E-state index in [2.05, 4.69) is 430 Å². The molecule has 4 heterocycles. The molecule has 20 aromatic rings. The number of fused-ring (bicyclic) bond motifs is 22. The molecule has 12 heteroatoms. The van der Waals surface area contributed by atoms with Gasteiger partial charge in [-0.3, -0.25) is 0 Å². The van der Waals surface area contributed by atoms with Crippen molar-refractivity contribution in [2.75, 3.05) is 44.6 Å². The fourth-order valence-electron chi connectivity index (χ4n) is 20.5. The van der Waals surface area contributed by atoms with Crippen molar-refractivity contribution in [2.24, 2.45) is 0 Å². The van der Waals surface area contributed by atoms with E-state index in [0.717, 1.165) is 94.4 Å². The topological polar surface area (TPSA) is 32.7 Å². The first-order chi connectivity index (χ1) is 59.6. The summed E-state index contributed by atoms with van der Waals surface area (Å²) in [5.74, 6) is 0. The van der Waals surface area contributed by atoms with Crippen LogP contribution in [0.1, 0.15) is 49.9 Å². The van der Waals surface area contributed by atoms with E-state index in [0.29, 0.717) is 0 Å². The predicted octanol–water partition coefficient (Wildman–Crippen LogP) is 31.3. The lowest BCUT2D eigenvalue weighted by atomic mass is 9.70. The van der Waals surface area contributed by atoms with Crippen LogP contribution in [0.4, 0.5) is 68.2 Å². The molecule has 121 heavy (non-hydrogen) atoms. The first kappa shape index (κ1) is 74.6. The van der Waals surface area contributed by atoms with E-state index in [1.807, 2.05) is 0 Å². The van der Waals surface area contributed by atoms with Crippen molar-refractivity contribution in [1.82, 2.24) is 18.3 Å². The zero-order chi connectivity index (χ0) is 81.5. The third-order valence-electron chi connectivity index (χ3n) is 25.8. The molecule has 22 rings (SSSR count). The van der Waals surface area contributed by atoms with Crippen molar-refractivity contribution in [3.8, 4) is 22.3 Å². The minimum absolute atomic E-state index is 0.827. The van der Waals surface area contributed by atoms with Crippen LogP contribution in [-0.2, 0) is 31.6 Å². The van der Waals surface area contributed by atoms with Crippen LogP contribution in [0.15, 0.2) is 359 Å². The zero-order valence-electron chi connectivity index (χ0n) is 68.9. The minimum Gasteiger partial charge on any atom is -0.341 e. The lowest BCUT2D eigenvalue weighted by Crippen LogP contribution is -2.27. The lowest BCUT2D eigenvalue weighted by molar-refractivity contribution is 0.793. The Hall–Kier alpha value is -12.7. The zero-order valence-corrected chi connectivity index (χ0v) is 72.1. The van der Waals surface area contributed by atoms with Crippen molar-refractivity contribution >= 4 is 203 Å². The van der Waals surface area contributed by atoms with E-state index in [1.54, 1.807) is 47.0 Å². The molecule has 0 fully saturated rings. The lowest BCUT2D eigenvalue weighted by Gasteiger charge is -2.35. The first-order valence-corrected chi connectivity index (χ1v) is 46.9. The van der Waals surface area contributed by atoms with E-state index in [1.165, 1.54) is 151 Å². The van der Waals surface area contributed by atoms with Crippen molar-refractivity contribution in [3.05, 3.63) is 362 Å². The molecule has 4 aromatic heterocycles. The van der Waals surface area contributed by atoms with Gasteiger partial charge in [0.2, 0.25) is 0 Å². The highest BCUT2D eigenvalue weighted by molar-refractivity contribution is 7.99. The molecule has 0 radical (unpaired) electrons. The van der Waals surface area contributed by atoms with Gasteiger partial charge in [-0.05, 0) is 291 Å². The van der Waals surface area contributed by atoms with Crippen molar-refractivity contribution < 1.29 is 0 Å². The van der Waals surface area contributed by atoms with Gasteiger partial charge < -0.3 is 37.9 Å². The molecular weight excluding hydrogens is 1550 g/mol. The summed E-state index contributed by atoms with van der Waals surface area (Å²) < 4.78 is 10.0. The molecule has 0 amide bonds. The third-order valence-corrected chi connectivity index (χ3v) is 28.7. The minimum atomic E-state index is -0.995. The summed E-state index contributed by atoms with van der Waals surface area (Å²) in [6.07, 6.45) is 8.69. The molecular formula is C109H88N8S4. The van der Waals surface area contributed by atoms with Gasteiger partial charge in [-0.1, -0.05) is 146 Å². The number of nitrogens with zero attached hydrogens (tertiary/aromatic N) is 8. The summed E-state index contributed by atoms with van der Waals surface area (Å²) in [7, 11) is 0. The highest BCUT2D eigenvalue weighted by atomic mass is 32.2. The van der Waals surface area contributed by atoms with Crippen molar-refractivity contribution in [2.45, 2.75) is 78.9 Å². The van der Waals surface area contributed by atoms with Gasteiger partial charge in [0.25, 0.3) is 0 Å². The SMILES string of the molecule is CCn1c2cc(SC)ccc2c2ccc(N(c3ccccc3)c3ccc4c(c3)C3(c5cc(N(c6ccccc6)c6ccc7c8ccc(SC)cc8n(CC)c7c6)ccc5-4)c4cc(N(c5ccccc5)c5ccc6c7ccc(SC)cc7n(CC)c6c5)ccc4-c4ccc(N(c5ccccc5)c5ccc6c7ccc(SC)cc7n(CC)c6c5)cc43)cc21. The van der Waals surface area contributed by atoms with Crippen LogP contribution < -0.4 is 19.6 Å². The fraction of sp³-hybridized carbons (Fsp3) is 0.119. The van der Waals surface area contributed by atoms with Crippen LogP contribution in [0.25, 0.3) is 109 Å². The van der Waals surface area contributed by atoms with Crippen LogP contribution in [-0.4, -0.2) is 43.3 Å². The fourth-order valence-corrected chi connectivity index (χ4v) is 22.2. The molecule has 0 atom stereocenters. The smallest absolute Gasteiger partial charge is 0.0728 e. The average Bonchev–Trinajstić information content (AvgIpc) is 1.50. The van der Waals surface area contributed by atoms with Gasteiger partial charge in [-0.2, -0.15) is 0 Å². The monoisotopic (exact) mass is 1640 g/mol. The Bertz CT molecular complexity index is 6650. The Balaban J connectivity index is 0.841. The quantitative estimate of drug-likeness (QED) is 0.0698. The summed E-state index contributed by atoms with van der Waals surface area (Å²) in [6.45, 7) is 12.4. The molecule has 588 valence electrons. The predicted molar refractivity (Wildman–Crippen MR) is 523 cm³/mol. The summed E-state index contributed by atoms with van der Waals surface area (Å²) in [5.41, 5.74) is 31.3. The first-order valence-electron chi connectivity index (χ1n) is 42.0. The Kier molecular flexibility index (Phi) is 18.5. The summed E-state index contributed by atoms with van der Waals surface area (Å²) >= 11 is 7.18. The molecule has 0 bridgehead atoms. The van der Waals surface area contributed by atoms with E-state index in [9.17, 15) is 0 Å². The number of aromatic nitrogens is 4. The van der Waals surface area contributed by atoms with Gasteiger partial charge in [0, 0.05) is 157 Å². The number of rotatable bonds is 20. The molecule has 0 saturated heterocycles. The Morgan fingerprint density at radius 3 is 0.579 bits per heavy atom. The average molecular weight is 1640 g/mol. The third kappa shape index (κ3) is 11.7. The second kappa shape index (κ2) is 29.9. The molecule has 0 N–H and O–H groups in total. The Morgan fingerprint density at radius 2 is 0.380 bits per heavy atom. The van der Waals surface area contributed by atoms with Gasteiger partial charge in [0.1, 0.15) is 0 Å². The maximum atomic E-state index is 2.59. The highest BCUT2D eigenvalue weighted by Crippen LogP contribution is 2.66. The summed E-state index contributed by atoms with van der Waals surface area (Å²) in [6, 6.07) is 131. The molecule has 2 aliphatic carbocycles. The maximum absolute atomic E-state index is 2.59. The molecule has 0 aliphatic heterocycles. The molecule has 8 nitrogen and oxygen atoms in total. The van der Waals surface area contributed by atoms with Crippen molar-refractivity contribution in [3.63, 3.8) is 0 Å². The molecule has 2 aliphatic rings. The highest BCUT2D eigenvalue weighted by Gasteiger charge is 2.53. The summed E-state index contributed by atoms with van der Waals surface area (Å²) in [4.78, 5) is 15.1. The number of benzene rings is 16. The van der Waals surface area contributed by atoms with E-state index >= 15 is 0 Å². The molecule has 16 aromatic carbocycles. The number of anilines is 12. The Labute approximate surface area is 722 Å². The van der Waals surface area contributed by atoms with Gasteiger partial charge in [-0.25, -0.2) is 0 Å². The van der Waals surface area contributed by atoms with Gasteiger partial charge in [0.15, 0.2) is 0 Å². The second-order valence-electron chi connectivity index (χ2n) is 31.7. The Morgan fingerprint density at radius 1 is 0.198 bits per heavy atom. The van der Waals surface area contributed by atoms with Gasteiger partial charge in [-0.15, -0.1) is 47.0 Å². The van der Waals surface area contributed by atoms with Gasteiger partial charge in [0.05, 0.1) is 49.5 Å².